The highest BCUT2D eigenvalue weighted by molar-refractivity contribution is 5.69. The fraction of sp³-hybridized carbons (Fsp3) is 0.933. The molecule has 0 spiro atoms. The monoisotopic (exact) mass is 271 g/mol. The minimum atomic E-state index is -0.137. The number of nitrogens with zero attached hydrogens (tertiary/aromatic N) is 1. The van der Waals surface area contributed by atoms with Crippen LogP contribution in [0, 0.1) is 0 Å². The molecule has 4 heteroatoms. The highest BCUT2D eigenvalue weighted by Crippen LogP contribution is 2.28. The van der Waals surface area contributed by atoms with Crippen molar-refractivity contribution < 1.29 is 14.6 Å². The van der Waals surface area contributed by atoms with Crippen LogP contribution in [-0.2, 0) is 9.53 Å². The van der Waals surface area contributed by atoms with Crippen LogP contribution < -0.4 is 0 Å². The normalized spacial score (nSPS) is 24.4. The highest BCUT2D eigenvalue weighted by Gasteiger charge is 2.31. The van der Waals surface area contributed by atoms with Gasteiger partial charge in [-0.1, -0.05) is 32.6 Å². The van der Waals surface area contributed by atoms with Crippen LogP contribution in [-0.4, -0.2) is 48.3 Å². The summed E-state index contributed by atoms with van der Waals surface area (Å²) in [6.07, 6.45) is 8.81. The van der Waals surface area contributed by atoms with Gasteiger partial charge in [0.2, 0.25) is 0 Å². The lowest BCUT2D eigenvalue weighted by Crippen LogP contribution is -2.48. The zero-order valence-electron chi connectivity index (χ0n) is 12.4. The van der Waals surface area contributed by atoms with Crippen LogP contribution in [0.15, 0.2) is 0 Å². The van der Waals surface area contributed by atoms with Crippen LogP contribution in [0.4, 0.5) is 0 Å². The summed E-state index contributed by atoms with van der Waals surface area (Å²) in [6, 6.07) is 0.780. The topological polar surface area (TPSA) is 49.8 Å². The molecule has 4 nitrogen and oxygen atoms in total. The van der Waals surface area contributed by atoms with Gasteiger partial charge in [-0.25, -0.2) is 0 Å². The molecule has 19 heavy (non-hydrogen) atoms. The van der Waals surface area contributed by atoms with Gasteiger partial charge in [0.25, 0.3) is 0 Å². The van der Waals surface area contributed by atoms with Crippen LogP contribution in [0.3, 0.4) is 0 Å². The zero-order chi connectivity index (χ0) is 14.1. The fourth-order valence-electron chi connectivity index (χ4n) is 3.13. The molecule has 1 fully saturated rings. The van der Waals surface area contributed by atoms with Crippen molar-refractivity contribution in [2.45, 2.75) is 70.4 Å². The largest absolute Gasteiger partial charge is 0.469 e. The van der Waals surface area contributed by atoms with Gasteiger partial charge >= 0.3 is 5.97 Å². The van der Waals surface area contributed by atoms with E-state index in [9.17, 15) is 9.90 Å². The second kappa shape index (κ2) is 9.32. The lowest BCUT2D eigenvalue weighted by atomic mass is 9.90. The first-order valence-corrected chi connectivity index (χ1v) is 7.66. The van der Waals surface area contributed by atoms with Gasteiger partial charge in [0.15, 0.2) is 0 Å². The van der Waals surface area contributed by atoms with Gasteiger partial charge in [0.1, 0.15) is 0 Å². The maximum Gasteiger partial charge on any atom is 0.307 e. The van der Waals surface area contributed by atoms with E-state index in [1.165, 1.54) is 45.6 Å². The molecule has 1 aliphatic heterocycles. The summed E-state index contributed by atoms with van der Waals surface area (Å²) in [5.74, 6) is -0.137. The Labute approximate surface area is 117 Å². The number of likely N-dealkylation sites (tertiary alicyclic amines) is 1. The van der Waals surface area contributed by atoms with E-state index in [2.05, 4.69) is 11.8 Å². The lowest BCUT2D eigenvalue weighted by molar-refractivity contribution is -0.142. The van der Waals surface area contributed by atoms with Crippen molar-refractivity contribution in [2.24, 2.45) is 0 Å². The van der Waals surface area contributed by atoms with Crippen LogP contribution in [0.2, 0.25) is 0 Å². The summed E-state index contributed by atoms with van der Waals surface area (Å²) in [5.41, 5.74) is 0. The predicted molar refractivity (Wildman–Crippen MR) is 76.0 cm³/mol. The first kappa shape index (κ1) is 16.4. The molecule has 0 unspecified atom stereocenters. The second-order valence-corrected chi connectivity index (χ2v) is 5.48. The van der Waals surface area contributed by atoms with Gasteiger partial charge in [-0.3, -0.25) is 9.69 Å². The summed E-state index contributed by atoms with van der Waals surface area (Å²) < 4.78 is 4.79. The number of hydrogen-bond acceptors (Lipinski definition) is 4. The molecule has 0 saturated carbocycles. The molecule has 1 rings (SSSR count). The Bertz CT molecular complexity index is 258. The molecule has 0 amide bonds. The van der Waals surface area contributed by atoms with Crippen molar-refractivity contribution in [3.63, 3.8) is 0 Å². The molecule has 0 aliphatic carbocycles. The van der Waals surface area contributed by atoms with Crippen molar-refractivity contribution >= 4 is 5.97 Å². The number of aliphatic hydroxyl groups excluding tert-OH is 1. The number of methoxy groups -OCH3 is 1. The van der Waals surface area contributed by atoms with Gasteiger partial charge in [-0.15, -0.1) is 0 Å². The fourth-order valence-corrected chi connectivity index (χ4v) is 3.13. The van der Waals surface area contributed by atoms with E-state index in [1.807, 2.05) is 0 Å². The molecule has 0 aromatic carbocycles. The number of piperidine rings is 1. The Kier molecular flexibility index (Phi) is 8.07. The molecule has 0 radical (unpaired) electrons. The minimum Gasteiger partial charge on any atom is -0.469 e. The summed E-state index contributed by atoms with van der Waals surface area (Å²) in [6.45, 7) is 3.06. The van der Waals surface area contributed by atoms with Gasteiger partial charge in [0.05, 0.1) is 20.1 Å². The summed E-state index contributed by atoms with van der Waals surface area (Å²) in [5, 5.41) is 9.26. The number of esters is 1. The maximum atomic E-state index is 11.5. The first-order valence-electron chi connectivity index (χ1n) is 7.66. The third kappa shape index (κ3) is 5.49. The molecule has 1 N–H and O–H groups in total. The molecular weight excluding hydrogens is 242 g/mol. The summed E-state index contributed by atoms with van der Waals surface area (Å²) in [7, 11) is 1.44. The van der Waals surface area contributed by atoms with Crippen molar-refractivity contribution in [1.29, 1.82) is 0 Å². The molecule has 0 aromatic heterocycles. The van der Waals surface area contributed by atoms with E-state index < -0.39 is 0 Å². The van der Waals surface area contributed by atoms with Crippen LogP contribution >= 0.6 is 0 Å². The lowest BCUT2D eigenvalue weighted by Gasteiger charge is -2.41. The molecule has 1 aliphatic rings. The number of carbonyl (C=O) groups is 1. The molecule has 0 bridgehead atoms. The van der Waals surface area contributed by atoms with Crippen molar-refractivity contribution in [3.8, 4) is 0 Å². The number of β-amino-alcohol motifs (C(OH)–C–C–N with tert-alkyl or cyclic N) is 1. The molecule has 2 atom stereocenters. The first-order chi connectivity index (χ1) is 9.22. The molecule has 0 aromatic rings. The molecule has 112 valence electrons. The van der Waals surface area contributed by atoms with E-state index in [1.54, 1.807) is 0 Å². The highest BCUT2D eigenvalue weighted by atomic mass is 16.5. The number of aliphatic hydroxyl groups is 1. The van der Waals surface area contributed by atoms with E-state index >= 15 is 0 Å². The number of carbonyl (C=O) groups excluding carboxylic acids is 1. The Morgan fingerprint density at radius 1 is 1.32 bits per heavy atom. The number of unbranched alkanes of at least 4 members (excludes halogenated alkanes) is 2. The van der Waals surface area contributed by atoms with E-state index in [4.69, 9.17) is 4.74 Å². The van der Waals surface area contributed by atoms with Gasteiger partial charge < -0.3 is 9.84 Å². The molecule has 1 saturated heterocycles. The SMILES string of the molecule is CCCCC[C@@H]1CCC[C@H](CC(=O)OC)N1CCO. The third-order valence-electron chi connectivity index (χ3n) is 4.14. The van der Waals surface area contributed by atoms with Gasteiger partial charge in [-0.05, 0) is 19.3 Å². The Balaban J connectivity index is 2.55. The average molecular weight is 271 g/mol. The third-order valence-corrected chi connectivity index (χ3v) is 4.14. The van der Waals surface area contributed by atoms with E-state index in [0.29, 0.717) is 19.0 Å². The smallest absolute Gasteiger partial charge is 0.307 e. The maximum absolute atomic E-state index is 11.5. The van der Waals surface area contributed by atoms with E-state index in [-0.39, 0.29) is 18.6 Å². The van der Waals surface area contributed by atoms with Crippen molar-refractivity contribution in [2.75, 3.05) is 20.3 Å². The summed E-state index contributed by atoms with van der Waals surface area (Å²) >= 11 is 0. The second-order valence-electron chi connectivity index (χ2n) is 5.48. The molecule has 1 heterocycles. The van der Waals surface area contributed by atoms with Gasteiger partial charge in [-0.2, -0.15) is 0 Å². The Hall–Kier alpha value is -0.610. The predicted octanol–water partition coefficient (Wildman–Crippen LogP) is 2.35. The standard InChI is InChI=1S/C15H29NO3/c1-3-4-5-7-13-8-6-9-14(12-15(18)19-2)16(13)10-11-17/h13-14,17H,3-12H2,1-2H3/t13-,14-/m1/s1. The van der Waals surface area contributed by atoms with Crippen LogP contribution in [0.1, 0.15) is 58.3 Å². The number of ether oxygens (including phenoxy) is 1. The quantitative estimate of drug-likeness (QED) is 0.544. The number of hydrogen-bond donors (Lipinski definition) is 1. The van der Waals surface area contributed by atoms with Crippen LogP contribution in [0.5, 0.6) is 0 Å². The van der Waals surface area contributed by atoms with Crippen molar-refractivity contribution in [3.05, 3.63) is 0 Å². The minimum absolute atomic E-state index is 0.137. The van der Waals surface area contributed by atoms with Gasteiger partial charge in [0, 0.05) is 18.6 Å². The van der Waals surface area contributed by atoms with Crippen LogP contribution in [0.25, 0.3) is 0 Å². The van der Waals surface area contributed by atoms with E-state index in [0.717, 1.165) is 6.42 Å². The van der Waals surface area contributed by atoms with Crippen molar-refractivity contribution in [1.82, 2.24) is 4.90 Å². The Morgan fingerprint density at radius 3 is 2.68 bits per heavy atom. The average Bonchev–Trinajstić information content (AvgIpc) is 2.42. The molecular formula is C15H29NO3. The Morgan fingerprint density at radius 2 is 2.05 bits per heavy atom. The summed E-state index contributed by atoms with van der Waals surface area (Å²) in [4.78, 5) is 13.8. The zero-order valence-corrected chi connectivity index (χ0v) is 12.4. The number of rotatable bonds is 8.